The fourth-order valence-corrected chi connectivity index (χ4v) is 3.20. The van der Waals surface area contributed by atoms with E-state index in [4.69, 9.17) is 21.1 Å². The van der Waals surface area contributed by atoms with E-state index < -0.39 is 5.92 Å². The quantitative estimate of drug-likeness (QED) is 0.818. The second-order valence-electron chi connectivity index (χ2n) is 6.17. The molecule has 0 spiro atoms. The lowest BCUT2D eigenvalue weighted by Crippen LogP contribution is -2.28. The molecule has 1 saturated heterocycles. The second-order valence-corrected chi connectivity index (χ2v) is 6.61. The number of halogens is 1. The minimum atomic E-state index is -0.461. The van der Waals surface area contributed by atoms with Crippen LogP contribution in [0.1, 0.15) is 13.3 Å². The first kappa shape index (κ1) is 19.0. The zero-order valence-electron chi connectivity index (χ0n) is 15.2. The van der Waals surface area contributed by atoms with Crippen LogP contribution >= 0.6 is 11.6 Å². The molecule has 1 aliphatic rings. The molecule has 2 aromatic rings. The van der Waals surface area contributed by atoms with Gasteiger partial charge in [0, 0.05) is 29.7 Å². The van der Waals surface area contributed by atoms with Crippen LogP contribution in [-0.2, 0) is 9.59 Å². The number of rotatable bonds is 6. The maximum Gasteiger partial charge on any atom is 0.229 e. The number of anilines is 2. The monoisotopic (exact) mass is 388 g/mol. The number of carbonyl (C=O) groups is 2. The number of nitrogens with zero attached hydrogens (tertiary/aromatic N) is 1. The van der Waals surface area contributed by atoms with E-state index in [2.05, 4.69) is 5.32 Å². The smallest absolute Gasteiger partial charge is 0.229 e. The van der Waals surface area contributed by atoms with Crippen molar-refractivity contribution in [1.82, 2.24) is 0 Å². The minimum Gasteiger partial charge on any atom is -0.497 e. The first-order chi connectivity index (χ1) is 13.0. The third kappa shape index (κ3) is 4.34. The molecule has 0 aromatic heterocycles. The number of hydrogen-bond donors (Lipinski definition) is 1. The van der Waals surface area contributed by atoms with E-state index in [9.17, 15) is 9.59 Å². The van der Waals surface area contributed by atoms with E-state index in [1.54, 1.807) is 36.3 Å². The van der Waals surface area contributed by atoms with Crippen molar-refractivity contribution in [2.24, 2.45) is 5.92 Å². The molecule has 1 unspecified atom stereocenters. The van der Waals surface area contributed by atoms with Crippen LogP contribution < -0.4 is 19.7 Å². The Morgan fingerprint density at radius 1 is 1.30 bits per heavy atom. The molecule has 3 rings (SSSR count). The van der Waals surface area contributed by atoms with Gasteiger partial charge >= 0.3 is 0 Å². The van der Waals surface area contributed by atoms with Gasteiger partial charge < -0.3 is 19.7 Å². The Balaban J connectivity index is 1.73. The summed E-state index contributed by atoms with van der Waals surface area (Å²) in [6, 6.07) is 12.3. The largest absolute Gasteiger partial charge is 0.497 e. The standard InChI is InChI=1S/C20H21ClN2O4/c1-3-27-18-8-7-14(21)10-17(18)22-20(25)13-9-19(24)23(12-13)15-5-4-6-16(11-15)26-2/h4-8,10-11,13H,3,9,12H2,1-2H3,(H,22,25). The molecule has 6 nitrogen and oxygen atoms in total. The van der Waals surface area contributed by atoms with Crippen LogP contribution in [0, 0.1) is 5.92 Å². The van der Waals surface area contributed by atoms with E-state index in [-0.39, 0.29) is 18.2 Å². The van der Waals surface area contributed by atoms with Crippen LogP contribution in [0.5, 0.6) is 11.5 Å². The summed E-state index contributed by atoms with van der Waals surface area (Å²) in [6.07, 6.45) is 0.146. The predicted molar refractivity (Wildman–Crippen MR) is 105 cm³/mol. The van der Waals surface area contributed by atoms with E-state index >= 15 is 0 Å². The van der Waals surface area contributed by atoms with Crippen LogP contribution in [0.3, 0.4) is 0 Å². The van der Waals surface area contributed by atoms with Gasteiger partial charge in [0.2, 0.25) is 11.8 Å². The highest BCUT2D eigenvalue weighted by atomic mass is 35.5. The molecule has 1 aliphatic heterocycles. The van der Waals surface area contributed by atoms with Gasteiger partial charge in [-0.25, -0.2) is 0 Å². The number of carbonyl (C=O) groups excluding carboxylic acids is 2. The lowest BCUT2D eigenvalue weighted by atomic mass is 10.1. The van der Waals surface area contributed by atoms with Crippen molar-refractivity contribution < 1.29 is 19.1 Å². The number of nitrogens with one attached hydrogen (secondary N) is 1. The first-order valence-electron chi connectivity index (χ1n) is 8.69. The molecule has 1 atom stereocenters. The molecule has 1 heterocycles. The number of hydrogen-bond acceptors (Lipinski definition) is 4. The Hall–Kier alpha value is -2.73. The normalized spacial score (nSPS) is 16.3. The molecule has 142 valence electrons. The van der Waals surface area contributed by atoms with Crippen molar-refractivity contribution in [3.8, 4) is 11.5 Å². The number of ether oxygens (including phenoxy) is 2. The van der Waals surface area contributed by atoms with E-state index in [1.165, 1.54) is 0 Å². The molecule has 27 heavy (non-hydrogen) atoms. The van der Waals surface area contributed by atoms with E-state index in [0.29, 0.717) is 41.0 Å². The lowest BCUT2D eigenvalue weighted by molar-refractivity contribution is -0.122. The van der Waals surface area contributed by atoms with Crippen molar-refractivity contribution in [3.63, 3.8) is 0 Å². The summed E-state index contributed by atoms with van der Waals surface area (Å²) in [5, 5.41) is 3.34. The van der Waals surface area contributed by atoms with E-state index in [1.807, 2.05) is 25.1 Å². The zero-order valence-corrected chi connectivity index (χ0v) is 16.0. The van der Waals surface area contributed by atoms with Gasteiger partial charge in [-0.3, -0.25) is 9.59 Å². The molecule has 0 radical (unpaired) electrons. The maximum atomic E-state index is 12.7. The van der Waals surface area contributed by atoms with Gasteiger partial charge in [-0.15, -0.1) is 0 Å². The summed E-state index contributed by atoms with van der Waals surface area (Å²) >= 11 is 6.03. The number of amides is 2. The lowest BCUT2D eigenvalue weighted by Gasteiger charge is -2.18. The second kappa shape index (κ2) is 8.31. The summed E-state index contributed by atoms with van der Waals surface area (Å²) in [7, 11) is 1.57. The summed E-state index contributed by atoms with van der Waals surface area (Å²) in [5.41, 5.74) is 1.22. The predicted octanol–water partition coefficient (Wildman–Crippen LogP) is 3.74. The van der Waals surface area contributed by atoms with Crippen LogP contribution in [0.25, 0.3) is 0 Å². The van der Waals surface area contributed by atoms with Gasteiger partial charge in [-0.2, -0.15) is 0 Å². The van der Waals surface area contributed by atoms with Crippen LogP contribution in [0.4, 0.5) is 11.4 Å². The molecule has 7 heteroatoms. The molecule has 0 bridgehead atoms. The molecular weight excluding hydrogens is 368 g/mol. The van der Waals surface area contributed by atoms with Gasteiger partial charge in [0.05, 0.1) is 25.3 Å². The third-order valence-electron chi connectivity index (χ3n) is 4.36. The van der Waals surface area contributed by atoms with Crippen LogP contribution in [0.15, 0.2) is 42.5 Å². The van der Waals surface area contributed by atoms with Crippen molar-refractivity contribution in [2.75, 3.05) is 30.5 Å². The van der Waals surface area contributed by atoms with Gasteiger partial charge in [-0.05, 0) is 37.3 Å². The highest BCUT2D eigenvalue weighted by Gasteiger charge is 2.35. The van der Waals surface area contributed by atoms with Crippen LogP contribution in [-0.4, -0.2) is 32.1 Å². The molecule has 1 fully saturated rings. The minimum absolute atomic E-state index is 0.0977. The van der Waals surface area contributed by atoms with Crippen molar-refractivity contribution in [1.29, 1.82) is 0 Å². The highest BCUT2D eigenvalue weighted by Crippen LogP contribution is 2.31. The van der Waals surface area contributed by atoms with E-state index in [0.717, 1.165) is 0 Å². The number of methoxy groups -OCH3 is 1. The van der Waals surface area contributed by atoms with Gasteiger partial charge in [0.15, 0.2) is 0 Å². The van der Waals surface area contributed by atoms with Crippen LogP contribution in [0.2, 0.25) is 5.02 Å². The molecule has 0 saturated carbocycles. The summed E-state index contributed by atoms with van der Waals surface area (Å²) in [4.78, 5) is 26.7. The van der Waals surface area contributed by atoms with Crippen molar-refractivity contribution in [2.45, 2.75) is 13.3 Å². The topological polar surface area (TPSA) is 67.9 Å². The Morgan fingerprint density at radius 2 is 2.11 bits per heavy atom. The number of benzene rings is 2. The highest BCUT2D eigenvalue weighted by molar-refractivity contribution is 6.31. The summed E-state index contributed by atoms with van der Waals surface area (Å²) in [5.74, 6) is 0.409. The summed E-state index contributed by atoms with van der Waals surface area (Å²) < 4.78 is 10.7. The molecule has 1 N–H and O–H groups in total. The molecule has 2 amide bonds. The van der Waals surface area contributed by atoms with Gasteiger partial charge in [0.25, 0.3) is 0 Å². The van der Waals surface area contributed by atoms with Gasteiger partial charge in [-0.1, -0.05) is 17.7 Å². The summed E-state index contributed by atoms with van der Waals surface area (Å²) in [6.45, 7) is 2.64. The Morgan fingerprint density at radius 3 is 2.85 bits per heavy atom. The van der Waals surface area contributed by atoms with Crippen molar-refractivity contribution >= 4 is 34.8 Å². The van der Waals surface area contributed by atoms with Gasteiger partial charge in [0.1, 0.15) is 11.5 Å². The fourth-order valence-electron chi connectivity index (χ4n) is 3.03. The van der Waals surface area contributed by atoms with Crippen molar-refractivity contribution in [3.05, 3.63) is 47.5 Å². The Kier molecular flexibility index (Phi) is 5.86. The zero-order chi connectivity index (χ0) is 19.4. The first-order valence-corrected chi connectivity index (χ1v) is 9.07. The fraction of sp³-hybridized carbons (Fsp3) is 0.300. The maximum absolute atomic E-state index is 12.7. The SMILES string of the molecule is CCOc1ccc(Cl)cc1NC(=O)C1CC(=O)N(c2cccc(OC)c2)C1. The average Bonchev–Trinajstić information content (AvgIpc) is 3.06. The Labute approximate surface area is 163 Å². The molecule has 2 aromatic carbocycles. The third-order valence-corrected chi connectivity index (χ3v) is 4.60. The average molecular weight is 389 g/mol. The molecular formula is C20H21ClN2O4. The molecule has 0 aliphatic carbocycles. The Bertz CT molecular complexity index is 856.